The van der Waals surface area contributed by atoms with E-state index < -0.39 is 26.7 Å². The average molecular weight is 331 g/mol. The van der Waals surface area contributed by atoms with Gasteiger partial charge in [0.2, 0.25) is 10.0 Å². The van der Waals surface area contributed by atoms with E-state index in [0.29, 0.717) is 0 Å². The molecule has 124 valence electrons. The normalized spacial score (nSPS) is 13.7. The molecule has 1 aromatic rings. The van der Waals surface area contributed by atoms with Crippen LogP contribution < -0.4 is 15.2 Å². The number of hydrogen-bond donors (Lipinski definition) is 2. The van der Waals surface area contributed by atoms with Gasteiger partial charge in [0.15, 0.2) is 5.75 Å². The molecular formula is C13H21N3O5S. The molecule has 9 heteroatoms. The van der Waals surface area contributed by atoms with E-state index in [1.165, 1.54) is 19.2 Å². The summed E-state index contributed by atoms with van der Waals surface area (Å²) in [5.74, 6) is -0.00449. The van der Waals surface area contributed by atoms with Crippen LogP contribution in [0.2, 0.25) is 0 Å². The lowest BCUT2D eigenvalue weighted by atomic mass is 9.88. The zero-order valence-electron chi connectivity index (χ0n) is 13.0. The van der Waals surface area contributed by atoms with Gasteiger partial charge in [0.1, 0.15) is 0 Å². The van der Waals surface area contributed by atoms with E-state index >= 15 is 0 Å². The summed E-state index contributed by atoms with van der Waals surface area (Å²) < 4.78 is 32.1. The highest BCUT2D eigenvalue weighted by atomic mass is 32.2. The van der Waals surface area contributed by atoms with E-state index in [1.807, 2.05) is 20.8 Å². The quantitative estimate of drug-likeness (QED) is 0.597. The van der Waals surface area contributed by atoms with Crippen molar-refractivity contribution in [3.05, 3.63) is 28.3 Å². The van der Waals surface area contributed by atoms with Crippen molar-refractivity contribution in [2.45, 2.75) is 31.7 Å². The number of methoxy groups -OCH3 is 1. The number of nitrogens with zero attached hydrogens (tertiary/aromatic N) is 1. The van der Waals surface area contributed by atoms with Crippen molar-refractivity contribution < 1.29 is 18.1 Å². The third kappa shape index (κ3) is 4.15. The Bertz CT molecular complexity index is 652. The highest BCUT2D eigenvalue weighted by Gasteiger charge is 2.30. The molecule has 0 aromatic heterocycles. The largest absolute Gasteiger partial charge is 0.490 e. The van der Waals surface area contributed by atoms with Gasteiger partial charge in [-0.1, -0.05) is 20.8 Å². The molecule has 1 rings (SSSR count). The molecule has 22 heavy (non-hydrogen) atoms. The van der Waals surface area contributed by atoms with Crippen LogP contribution in [-0.2, 0) is 10.0 Å². The van der Waals surface area contributed by atoms with Crippen LogP contribution in [0.3, 0.4) is 0 Å². The molecule has 0 aliphatic heterocycles. The lowest BCUT2D eigenvalue weighted by Gasteiger charge is -2.30. The Morgan fingerprint density at radius 2 is 2.00 bits per heavy atom. The van der Waals surface area contributed by atoms with Gasteiger partial charge in [-0.05, 0) is 17.5 Å². The van der Waals surface area contributed by atoms with Crippen LogP contribution >= 0.6 is 0 Å². The molecule has 0 bridgehead atoms. The summed E-state index contributed by atoms with van der Waals surface area (Å²) in [5, 5.41) is 11.0. The molecule has 0 spiro atoms. The predicted octanol–water partition coefficient (Wildman–Crippen LogP) is 1.26. The summed E-state index contributed by atoms with van der Waals surface area (Å²) in [6.07, 6.45) is 0. The Labute approximate surface area is 129 Å². The van der Waals surface area contributed by atoms with E-state index in [9.17, 15) is 18.5 Å². The number of benzene rings is 1. The second-order valence-electron chi connectivity index (χ2n) is 5.87. The molecule has 0 aliphatic rings. The van der Waals surface area contributed by atoms with Gasteiger partial charge in [0.25, 0.3) is 0 Å². The fraction of sp³-hybridized carbons (Fsp3) is 0.538. The lowest BCUT2D eigenvalue weighted by Crippen LogP contribution is -2.48. The van der Waals surface area contributed by atoms with Gasteiger partial charge in [0, 0.05) is 18.7 Å². The summed E-state index contributed by atoms with van der Waals surface area (Å²) in [6.45, 7) is 5.66. The molecular weight excluding hydrogens is 310 g/mol. The third-order valence-corrected chi connectivity index (χ3v) is 4.71. The van der Waals surface area contributed by atoms with Crippen LogP contribution in [0.15, 0.2) is 23.1 Å². The molecule has 1 unspecified atom stereocenters. The Morgan fingerprint density at radius 1 is 1.41 bits per heavy atom. The molecule has 0 fully saturated rings. The molecule has 0 saturated carbocycles. The van der Waals surface area contributed by atoms with Crippen LogP contribution in [-0.4, -0.2) is 33.0 Å². The van der Waals surface area contributed by atoms with Gasteiger partial charge < -0.3 is 10.5 Å². The van der Waals surface area contributed by atoms with Crippen LogP contribution in [0, 0.1) is 15.5 Å². The SMILES string of the molecule is COc1ccc(S(=O)(=O)NC(CN)C(C)(C)C)cc1[N+](=O)[O-]. The second kappa shape index (κ2) is 6.59. The van der Waals surface area contributed by atoms with E-state index in [4.69, 9.17) is 10.5 Å². The minimum atomic E-state index is -3.93. The van der Waals surface area contributed by atoms with Crippen LogP contribution in [0.25, 0.3) is 0 Å². The summed E-state index contributed by atoms with van der Waals surface area (Å²) >= 11 is 0. The first-order valence-electron chi connectivity index (χ1n) is 6.57. The number of ether oxygens (including phenoxy) is 1. The van der Waals surface area contributed by atoms with Crippen molar-refractivity contribution in [3.8, 4) is 5.75 Å². The van der Waals surface area contributed by atoms with Gasteiger partial charge >= 0.3 is 5.69 Å². The number of nitrogens with one attached hydrogen (secondary N) is 1. The highest BCUT2D eigenvalue weighted by Crippen LogP contribution is 2.30. The standard InChI is InChI=1S/C13H21N3O5S/c1-13(2,3)12(8-14)15-22(19,20)9-5-6-11(21-4)10(7-9)16(17)18/h5-7,12,15H,8,14H2,1-4H3. The monoisotopic (exact) mass is 331 g/mol. The Morgan fingerprint density at radius 3 is 2.41 bits per heavy atom. The van der Waals surface area contributed by atoms with Gasteiger partial charge in [0.05, 0.1) is 16.9 Å². The van der Waals surface area contributed by atoms with Crippen molar-refractivity contribution >= 4 is 15.7 Å². The van der Waals surface area contributed by atoms with Crippen molar-refractivity contribution in [1.29, 1.82) is 0 Å². The van der Waals surface area contributed by atoms with E-state index in [-0.39, 0.29) is 22.6 Å². The van der Waals surface area contributed by atoms with Crippen molar-refractivity contribution in [3.63, 3.8) is 0 Å². The van der Waals surface area contributed by atoms with E-state index in [1.54, 1.807) is 0 Å². The number of hydrogen-bond acceptors (Lipinski definition) is 6. The summed E-state index contributed by atoms with van der Waals surface area (Å²) in [7, 11) is -2.65. The zero-order chi connectivity index (χ0) is 17.1. The van der Waals surface area contributed by atoms with Crippen LogP contribution in [0.4, 0.5) is 5.69 Å². The average Bonchev–Trinajstić information content (AvgIpc) is 2.42. The minimum absolute atomic E-state index is 0.00449. The first kappa shape index (κ1) is 18.3. The van der Waals surface area contributed by atoms with E-state index in [0.717, 1.165) is 6.07 Å². The molecule has 0 heterocycles. The summed E-state index contributed by atoms with van der Waals surface area (Å²) in [6, 6.07) is 2.97. The predicted molar refractivity (Wildman–Crippen MR) is 82.3 cm³/mol. The Kier molecular flexibility index (Phi) is 5.49. The third-order valence-electron chi connectivity index (χ3n) is 3.24. The molecule has 1 atom stereocenters. The first-order chi connectivity index (χ1) is 10.0. The lowest BCUT2D eigenvalue weighted by molar-refractivity contribution is -0.386. The summed E-state index contributed by atoms with van der Waals surface area (Å²) in [4.78, 5) is 10.1. The fourth-order valence-electron chi connectivity index (χ4n) is 1.81. The summed E-state index contributed by atoms with van der Waals surface area (Å²) in [5.41, 5.74) is 4.81. The van der Waals surface area contributed by atoms with Crippen LogP contribution in [0.1, 0.15) is 20.8 Å². The number of nitrogens with two attached hydrogens (primary N) is 1. The molecule has 0 aliphatic carbocycles. The topological polar surface area (TPSA) is 125 Å². The molecule has 3 N–H and O–H groups in total. The van der Waals surface area contributed by atoms with Gasteiger partial charge in [-0.15, -0.1) is 0 Å². The zero-order valence-corrected chi connectivity index (χ0v) is 13.8. The number of nitro groups is 1. The fourth-order valence-corrected chi connectivity index (χ4v) is 3.29. The van der Waals surface area contributed by atoms with E-state index in [2.05, 4.69) is 4.72 Å². The first-order valence-corrected chi connectivity index (χ1v) is 8.06. The van der Waals surface area contributed by atoms with Gasteiger partial charge in [-0.3, -0.25) is 10.1 Å². The smallest absolute Gasteiger partial charge is 0.312 e. The number of rotatable bonds is 6. The Hall–Kier alpha value is -1.71. The van der Waals surface area contributed by atoms with Crippen LogP contribution in [0.5, 0.6) is 5.75 Å². The van der Waals surface area contributed by atoms with Crippen molar-refractivity contribution in [1.82, 2.24) is 4.72 Å². The number of nitro benzene ring substituents is 1. The van der Waals surface area contributed by atoms with Crippen molar-refractivity contribution in [2.24, 2.45) is 11.1 Å². The molecule has 0 radical (unpaired) electrons. The van der Waals surface area contributed by atoms with Gasteiger partial charge in [-0.2, -0.15) is 0 Å². The molecule has 8 nitrogen and oxygen atoms in total. The highest BCUT2D eigenvalue weighted by molar-refractivity contribution is 7.89. The molecule has 0 amide bonds. The molecule has 1 aromatic carbocycles. The minimum Gasteiger partial charge on any atom is -0.490 e. The maximum atomic E-state index is 12.4. The van der Waals surface area contributed by atoms with Crippen molar-refractivity contribution in [2.75, 3.05) is 13.7 Å². The Balaban J connectivity index is 3.24. The number of sulfonamides is 1. The molecule has 0 saturated heterocycles. The maximum absolute atomic E-state index is 12.4. The maximum Gasteiger partial charge on any atom is 0.312 e. The second-order valence-corrected chi connectivity index (χ2v) is 7.58. The van der Waals surface area contributed by atoms with Gasteiger partial charge in [-0.25, -0.2) is 13.1 Å².